The molecule has 0 aliphatic heterocycles. The molecule has 0 bridgehead atoms. The number of unbranched alkanes of at least 4 members (excludes halogenated alkanes) is 10. The van der Waals surface area contributed by atoms with Crippen LogP contribution in [0.1, 0.15) is 90.9 Å². The molecule has 0 rings (SSSR count). The van der Waals surface area contributed by atoms with E-state index >= 15 is 0 Å². The molecule has 0 aromatic heterocycles. The molecule has 116 valence electrons. The van der Waals surface area contributed by atoms with Gasteiger partial charge in [0.05, 0.1) is 6.54 Å². The van der Waals surface area contributed by atoms with Crippen LogP contribution in [0.4, 0.5) is 0 Å². The summed E-state index contributed by atoms with van der Waals surface area (Å²) in [6.07, 6.45) is 15.1. The second kappa shape index (κ2) is 22.7. The predicted molar refractivity (Wildman–Crippen MR) is 84.5 cm³/mol. The van der Waals surface area contributed by atoms with Crippen molar-refractivity contribution in [2.24, 2.45) is 5.18 Å². The summed E-state index contributed by atoms with van der Waals surface area (Å²) in [6, 6.07) is 0. The summed E-state index contributed by atoms with van der Waals surface area (Å²) >= 11 is 0. The van der Waals surface area contributed by atoms with E-state index in [1.54, 1.807) is 0 Å². The normalized spacial score (nSPS) is 9.84. The van der Waals surface area contributed by atoms with E-state index in [1.807, 2.05) is 0 Å². The molecule has 0 unspecified atom stereocenters. The van der Waals surface area contributed by atoms with Crippen molar-refractivity contribution in [2.45, 2.75) is 90.9 Å². The molecule has 0 saturated carbocycles. The van der Waals surface area contributed by atoms with Crippen molar-refractivity contribution in [1.82, 2.24) is 0 Å². The van der Waals surface area contributed by atoms with Crippen molar-refractivity contribution in [3.63, 3.8) is 0 Å². The quantitative estimate of drug-likeness (QED) is 0.358. The fourth-order valence-electron chi connectivity index (χ4n) is 1.82. The first-order chi connectivity index (χ1) is 9.33. The summed E-state index contributed by atoms with van der Waals surface area (Å²) in [5.41, 5.74) is 0. The molecule has 0 amide bonds. The van der Waals surface area contributed by atoms with Crippen molar-refractivity contribution in [2.75, 3.05) is 13.2 Å². The third-order valence-corrected chi connectivity index (χ3v) is 3.11. The summed E-state index contributed by atoms with van der Waals surface area (Å²) in [5.74, 6) is 0. The number of nitroso groups, excluding NO2 is 1. The Labute approximate surface area is 120 Å². The zero-order valence-corrected chi connectivity index (χ0v) is 13.2. The molecule has 19 heavy (non-hydrogen) atoms. The highest BCUT2D eigenvalue weighted by Gasteiger charge is 1.92. The van der Waals surface area contributed by atoms with E-state index in [-0.39, 0.29) is 0 Å². The zero-order chi connectivity index (χ0) is 14.6. The highest BCUT2D eigenvalue weighted by molar-refractivity contribution is 4.48. The monoisotopic (exact) mass is 273 g/mol. The molecular formula is C16H35NO2. The Kier molecular flexibility index (Phi) is 25.0. The minimum absolute atomic E-state index is 0.344. The summed E-state index contributed by atoms with van der Waals surface area (Å²) in [7, 11) is 0. The molecule has 0 fully saturated rings. The van der Waals surface area contributed by atoms with E-state index in [9.17, 15) is 4.91 Å². The van der Waals surface area contributed by atoms with E-state index in [4.69, 9.17) is 5.11 Å². The second-order valence-corrected chi connectivity index (χ2v) is 5.11. The van der Waals surface area contributed by atoms with Crippen molar-refractivity contribution in [1.29, 1.82) is 0 Å². The van der Waals surface area contributed by atoms with Crippen LogP contribution in [0.5, 0.6) is 0 Å². The zero-order valence-electron chi connectivity index (χ0n) is 13.2. The van der Waals surface area contributed by atoms with Gasteiger partial charge in [-0.05, 0) is 12.8 Å². The maximum atomic E-state index is 9.79. The first-order valence-electron chi connectivity index (χ1n) is 8.23. The summed E-state index contributed by atoms with van der Waals surface area (Å²) in [5, 5.41) is 10.9. The molecule has 3 heteroatoms. The fraction of sp³-hybridized carbons (Fsp3) is 1.00. The number of rotatable bonds is 13. The van der Waals surface area contributed by atoms with Gasteiger partial charge < -0.3 is 5.11 Å². The summed E-state index contributed by atoms with van der Waals surface area (Å²) in [4.78, 5) is 9.79. The molecule has 0 atom stereocenters. The average Bonchev–Trinajstić information content (AvgIpc) is 2.43. The van der Waals surface area contributed by atoms with Crippen molar-refractivity contribution in [3.8, 4) is 0 Å². The average molecular weight is 273 g/mol. The largest absolute Gasteiger partial charge is 0.396 e. The molecule has 1 N–H and O–H groups in total. The highest BCUT2D eigenvalue weighted by atomic mass is 16.3. The van der Waals surface area contributed by atoms with E-state index in [1.165, 1.54) is 57.8 Å². The third-order valence-electron chi connectivity index (χ3n) is 3.11. The topological polar surface area (TPSA) is 49.7 Å². The summed E-state index contributed by atoms with van der Waals surface area (Å²) in [6.45, 7) is 5.16. The number of hydrogen-bond acceptors (Lipinski definition) is 3. The Morgan fingerprint density at radius 3 is 1.42 bits per heavy atom. The Balaban J connectivity index is 0. The Morgan fingerprint density at radius 1 is 0.684 bits per heavy atom. The van der Waals surface area contributed by atoms with Crippen LogP contribution in [0.25, 0.3) is 0 Å². The van der Waals surface area contributed by atoms with Crippen LogP contribution >= 0.6 is 0 Å². The van der Waals surface area contributed by atoms with Crippen LogP contribution in [0, 0.1) is 4.91 Å². The van der Waals surface area contributed by atoms with Gasteiger partial charge in [-0.15, -0.1) is 0 Å². The van der Waals surface area contributed by atoms with Gasteiger partial charge in [-0.1, -0.05) is 83.2 Å². The van der Waals surface area contributed by atoms with Gasteiger partial charge in [0.2, 0.25) is 0 Å². The minimum Gasteiger partial charge on any atom is -0.396 e. The Morgan fingerprint density at radius 2 is 1.11 bits per heavy atom. The van der Waals surface area contributed by atoms with E-state index in [2.05, 4.69) is 19.0 Å². The highest BCUT2D eigenvalue weighted by Crippen LogP contribution is 2.10. The SMILES string of the molecule is CCCCCCCCCCCCN=O.CCCCO. The molecule has 0 aromatic rings. The van der Waals surface area contributed by atoms with E-state index in [0.29, 0.717) is 13.2 Å². The third kappa shape index (κ3) is 27.0. The van der Waals surface area contributed by atoms with Crippen LogP contribution < -0.4 is 0 Å². The first-order valence-corrected chi connectivity index (χ1v) is 8.23. The van der Waals surface area contributed by atoms with Crippen LogP contribution in [0.15, 0.2) is 5.18 Å². The van der Waals surface area contributed by atoms with Gasteiger partial charge in [0.25, 0.3) is 0 Å². The fourth-order valence-corrected chi connectivity index (χ4v) is 1.82. The summed E-state index contributed by atoms with van der Waals surface area (Å²) < 4.78 is 0. The van der Waals surface area contributed by atoms with Crippen molar-refractivity contribution < 1.29 is 5.11 Å². The maximum Gasteiger partial charge on any atom is 0.0811 e. The van der Waals surface area contributed by atoms with Crippen LogP contribution in [0.3, 0.4) is 0 Å². The number of aliphatic hydroxyl groups is 1. The standard InChI is InChI=1S/C12H25NO.C4H10O/c1-2-3-4-5-6-7-8-9-10-11-12-13-14;1-2-3-4-5/h2-12H2,1H3;5H,2-4H2,1H3. The molecule has 0 aliphatic rings. The van der Waals surface area contributed by atoms with Crippen LogP contribution in [-0.4, -0.2) is 18.3 Å². The first kappa shape index (κ1) is 20.9. The number of hydrogen-bond donors (Lipinski definition) is 1. The Hall–Kier alpha value is -0.440. The molecule has 0 heterocycles. The molecule has 0 aliphatic carbocycles. The molecule has 0 aromatic carbocycles. The van der Waals surface area contributed by atoms with E-state index < -0.39 is 0 Å². The minimum atomic E-state index is 0.344. The Bertz CT molecular complexity index is 150. The molecule has 0 spiro atoms. The van der Waals surface area contributed by atoms with E-state index in [0.717, 1.165) is 19.3 Å². The number of nitrogens with zero attached hydrogens (tertiary/aromatic N) is 1. The molecule has 0 saturated heterocycles. The van der Waals surface area contributed by atoms with Gasteiger partial charge in [-0.2, -0.15) is 4.91 Å². The lowest BCUT2D eigenvalue weighted by molar-refractivity contribution is 0.287. The second-order valence-electron chi connectivity index (χ2n) is 5.11. The van der Waals surface area contributed by atoms with Gasteiger partial charge >= 0.3 is 0 Å². The molecule has 3 nitrogen and oxygen atoms in total. The lowest BCUT2D eigenvalue weighted by Crippen LogP contribution is -1.83. The predicted octanol–water partition coefficient (Wildman–Crippen LogP) is 5.45. The van der Waals surface area contributed by atoms with Gasteiger partial charge in [-0.3, -0.25) is 0 Å². The van der Waals surface area contributed by atoms with Gasteiger partial charge in [0.1, 0.15) is 0 Å². The molecular weight excluding hydrogens is 238 g/mol. The lowest BCUT2D eigenvalue weighted by atomic mass is 10.1. The van der Waals surface area contributed by atoms with Crippen LogP contribution in [-0.2, 0) is 0 Å². The van der Waals surface area contributed by atoms with Gasteiger partial charge in [0.15, 0.2) is 0 Å². The lowest BCUT2D eigenvalue weighted by Gasteiger charge is -2.00. The smallest absolute Gasteiger partial charge is 0.0811 e. The van der Waals surface area contributed by atoms with Crippen molar-refractivity contribution in [3.05, 3.63) is 4.91 Å². The van der Waals surface area contributed by atoms with Gasteiger partial charge in [-0.25, -0.2) is 0 Å². The van der Waals surface area contributed by atoms with Crippen LogP contribution in [0.2, 0.25) is 0 Å². The number of aliphatic hydroxyl groups excluding tert-OH is 1. The molecule has 0 radical (unpaired) electrons. The maximum absolute atomic E-state index is 9.79. The van der Waals surface area contributed by atoms with Crippen molar-refractivity contribution >= 4 is 0 Å². The van der Waals surface area contributed by atoms with Gasteiger partial charge in [0, 0.05) is 6.61 Å².